The first kappa shape index (κ1) is 14.0. The molecule has 98 valence electrons. The predicted molar refractivity (Wildman–Crippen MR) is 80.9 cm³/mol. The van der Waals surface area contributed by atoms with Crippen LogP contribution < -0.4 is 0 Å². The van der Waals surface area contributed by atoms with Crippen LogP contribution in [-0.2, 0) is 14.8 Å². The first-order chi connectivity index (χ1) is 8.11. The monoisotopic (exact) mass is 278 g/mol. The fourth-order valence-corrected chi connectivity index (χ4v) is 9.27. The third-order valence-electron chi connectivity index (χ3n) is 4.51. The van der Waals surface area contributed by atoms with Gasteiger partial charge in [0.2, 0.25) is 0 Å². The van der Waals surface area contributed by atoms with E-state index < -0.39 is 14.8 Å². The van der Waals surface area contributed by atoms with E-state index in [1.54, 1.807) is 13.3 Å². The molecule has 0 nitrogen and oxygen atoms in total. The van der Waals surface area contributed by atoms with E-state index in [-0.39, 0.29) is 5.41 Å². The van der Waals surface area contributed by atoms with E-state index in [0.29, 0.717) is 0 Å². The average molecular weight is 278 g/mol. The van der Waals surface area contributed by atoms with Crippen LogP contribution in [0.15, 0.2) is 43.7 Å². The number of rotatable bonds is 2. The Morgan fingerprint density at radius 1 is 1.11 bits per heavy atom. The molecule has 2 aliphatic rings. The van der Waals surface area contributed by atoms with Crippen molar-refractivity contribution in [1.82, 2.24) is 0 Å². The Balaban J connectivity index is 2.58. The molecule has 0 bridgehead atoms. The van der Waals surface area contributed by atoms with Gasteiger partial charge in [-0.25, -0.2) is 0 Å². The Hall–Kier alpha value is -0.456. The van der Waals surface area contributed by atoms with Crippen molar-refractivity contribution in [3.8, 4) is 0 Å². The van der Waals surface area contributed by atoms with Gasteiger partial charge in [-0.3, -0.25) is 0 Å². The standard InChI is InChI=1S/C9H13.C5H5.2CH3.CH2.Ti/c1-9(2,3)8-6-4-5-7-8;1-2-4-5-3-1;;;;/h4,6H,5H2,1-3H3;1-3H,4H2;2*1H3;1H2;. The Morgan fingerprint density at radius 3 is 2.28 bits per heavy atom. The van der Waals surface area contributed by atoms with Gasteiger partial charge in [-0.1, -0.05) is 0 Å². The van der Waals surface area contributed by atoms with Gasteiger partial charge in [0, 0.05) is 0 Å². The number of allylic oxidation sites excluding steroid dienone is 8. The molecule has 1 heteroatoms. The second-order valence-corrected chi connectivity index (χ2v) is 18.1. The molecule has 2 aliphatic carbocycles. The molecule has 0 aromatic carbocycles. The third kappa shape index (κ3) is 2.21. The van der Waals surface area contributed by atoms with E-state index in [4.69, 9.17) is 4.82 Å². The van der Waals surface area contributed by atoms with Gasteiger partial charge in [0.25, 0.3) is 0 Å². The quantitative estimate of drug-likeness (QED) is 0.601. The summed E-state index contributed by atoms with van der Waals surface area (Å²) in [5, 5.41) is 4.95. The minimum atomic E-state index is -2.89. The molecule has 0 spiro atoms. The van der Waals surface area contributed by atoms with Gasteiger partial charge in [0.1, 0.15) is 0 Å². The first-order valence-corrected chi connectivity index (χ1v) is 12.7. The van der Waals surface area contributed by atoms with Gasteiger partial charge in [-0.15, -0.1) is 0 Å². The van der Waals surface area contributed by atoms with Gasteiger partial charge >= 0.3 is 113 Å². The normalized spacial score (nSPS) is 20.9. The van der Waals surface area contributed by atoms with Crippen LogP contribution in [0.5, 0.6) is 0 Å². The van der Waals surface area contributed by atoms with Crippen LogP contribution in [0.25, 0.3) is 0 Å². The average Bonchev–Trinajstić information content (AvgIpc) is 2.88. The number of hydrogen-bond donors (Lipinski definition) is 0. The van der Waals surface area contributed by atoms with Crippen molar-refractivity contribution < 1.29 is 14.8 Å². The van der Waals surface area contributed by atoms with Gasteiger partial charge in [0.15, 0.2) is 0 Å². The second kappa shape index (κ2) is 4.02. The van der Waals surface area contributed by atoms with Gasteiger partial charge in [-0.2, -0.15) is 0 Å². The molecule has 0 heterocycles. The SMILES string of the molecule is [CH2]=[Ti]([CH3])([CH3])([C]1=CC=CC1)[C]1=C(C(C)(C)C)C=CC1. The maximum absolute atomic E-state index is 4.82. The molecule has 0 fully saturated rings. The second-order valence-electron chi connectivity index (χ2n) is 7.76. The molecule has 0 N–H and O–H groups in total. The van der Waals surface area contributed by atoms with Gasteiger partial charge < -0.3 is 0 Å². The van der Waals surface area contributed by atoms with Crippen LogP contribution >= 0.6 is 0 Å². The van der Waals surface area contributed by atoms with Crippen molar-refractivity contribution in [3.63, 3.8) is 0 Å². The van der Waals surface area contributed by atoms with E-state index in [2.05, 4.69) is 61.6 Å². The summed E-state index contributed by atoms with van der Waals surface area (Å²) in [6.07, 6.45) is 13.7. The molecule has 0 aromatic rings. The van der Waals surface area contributed by atoms with E-state index in [1.165, 1.54) is 0 Å². The zero-order chi connectivity index (χ0) is 13.6. The van der Waals surface area contributed by atoms with Crippen LogP contribution in [0.2, 0.25) is 10.5 Å². The molecule has 0 unspecified atom stereocenters. The third-order valence-corrected chi connectivity index (χ3v) is 12.1. The molecule has 0 amide bonds. The Bertz CT molecular complexity index is 551. The molecule has 0 saturated heterocycles. The molecule has 0 aromatic heterocycles. The molecule has 0 aliphatic heterocycles. The maximum atomic E-state index is 4.82. The Morgan fingerprint density at radius 2 is 1.78 bits per heavy atom. The van der Waals surface area contributed by atoms with Crippen molar-refractivity contribution in [2.24, 2.45) is 5.41 Å². The van der Waals surface area contributed by atoms with Crippen molar-refractivity contribution in [2.45, 2.75) is 44.1 Å². The fraction of sp³-hybridized carbons (Fsp3) is 0.471. The summed E-state index contributed by atoms with van der Waals surface area (Å²) in [5.41, 5.74) is 1.79. The summed E-state index contributed by atoms with van der Waals surface area (Å²) in [4.78, 5) is 4.82. The van der Waals surface area contributed by atoms with Crippen LogP contribution in [0.1, 0.15) is 33.6 Å². The molecular formula is C17H26Ti. The minimum absolute atomic E-state index is 0.239. The summed E-state index contributed by atoms with van der Waals surface area (Å²) >= 11 is -2.89. The fourth-order valence-electron chi connectivity index (χ4n) is 3.20. The Labute approximate surface area is 113 Å². The molecule has 2 rings (SSSR count). The zero-order valence-corrected chi connectivity index (χ0v) is 14.1. The molecule has 0 radical (unpaired) electrons. The van der Waals surface area contributed by atoms with E-state index in [1.807, 2.05) is 0 Å². The Kier molecular flexibility index (Phi) is 3.12. The predicted octanol–water partition coefficient (Wildman–Crippen LogP) is 5.31. The summed E-state index contributed by atoms with van der Waals surface area (Å²) in [5.74, 6) is 0. The molecule has 0 atom stereocenters. The van der Waals surface area contributed by atoms with Crippen molar-refractivity contribution >= 4 is 4.82 Å². The number of hydrogen-bond acceptors (Lipinski definition) is 0. The first-order valence-electron chi connectivity index (χ1n) is 6.95. The summed E-state index contributed by atoms with van der Waals surface area (Å²) in [6, 6.07) is 0. The van der Waals surface area contributed by atoms with Crippen LogP contribution in [0.3, 0.4) is 0 Å². The van der Waals surface area contributed by atoms with E-state index >= 15 is 0 Å². The summed E-state index contributed by atoms with van der Waals surface area (Å²) < 4.78 is 3.29. The zero-order valence-electron chi connectivity index (χ0n) is 12.5. The molecule has 18 heavy (non-hydrogen) atoms. The van der Waals surface area contributed by atoms with Crippen molar-refractivity contribution in [2.75, 3.05) is 0 Å². The molecule has 0 saturated carbocycles. The summed E-state index contributed by atoms with van der Waals surface area (Å²) in [6.45, 7) is 6.96. The van der Waals surface area contributed by atoms with E-state index in [0.717, 1.165) is 12.8 Å². The van der Waals surface area contributed by atoms with Crippen molar-refractivity contribution in [3.05, 3.63) is 43.7 Å². The van der Waals surface area contributed by atoms with Gasteiger partial charge in [-0.05, 0) is 0 Å². The molecular weight excluding hydrogens is 252 g/mol. The van der Waals surface area contributed by atoms with Crippen molar-refractivity contribution in [1.29, 1.82) is 0 Å². The van der Waals surface area contributed by atoms with Crippen LogP contribution in [-0.4, -0.2) is 4.82 Å². The summed E-state index contributed by atoms with van der Waals surface area (Å²) in [7, 11) is 0. The topological polar surface area (TPSA) is 0 Å². The van der Waals surface area contributed by atoms with Crippen LogP contribution in [0.4, 0.5) is 0 Å². The van der Waals surface area contributed by atoms with Crippen LogP contribution in [0, 0.1) is 5.41 Å². The van der Waals surface area contributed by atoms with E-state index in [9.17, 15) is 0 Å². The van der Waals surface area contributed by atoms with Gasteiger partial charge in [0.05, 0.1) is 0 Å².